The summed E-state index contributed by atoms with van der Waals surface area (Å²) in [6, 6.07) is 10.8. The van der Waals surface area contributed by atoms with Gasteiger partial charge in [-0.15, -0.1) is 0 Å². The van der Waals surface area contributed by atoms with E-state index < -0.39 is 17.0 Å². The van der Waals surface area contributed by atoms with E-state index >= 15 is 0 Å². The molecule has 0 aliphatic heterocycles. The van der Waals surface area contributed by atoms with Crippen LogP contribution in [0.25, 0.3) is 22.4 Å². The summed E-state index contributed by atoms with van der Waals surface area (Å²) in [7, 11) is 0. The summed E-state index contributed by atoms with van der Waals surface area (Å²) in [6.45, 7) is 1.36. The van der Waals surface area contributed by atoms with Gasteiger partial charge in [-0.2, -0.15) is 4.73 Å². The number of benzene rings is 2. The molecule has 0 fully saturated rings. The third-order valence-electron chi connectivity index (χ3n) is 3.52. The molecular weight excluding hydrogens is 350 g/mol. The molecule has 128 valence electrons. The number of aliphatic carboxylic acids is 1. The molecule has 0 bridgehead atoms. The molecule has 25 heavy (non-hydrogen) atoms. The second-order valence-electron chi connectivity index (χ2n) is 5.25. The highest BCUT2D eigenvalue weighted by atomic mass is 35.5. The van der Waals surface area contributed by atoms with Crippen LogP contribution in [0.4, 0.5) is 5.69 Å². The number of nitro benzene ring substituents is 1. The van der Waals surface area contributed by atoms with E-state index in [9.17, 15) is 14.9 Å². The molecule has 0 aliphatic rings. The van der Waals surface area contributed by atoms with Crippen LogP contribution in [0.1, 0.15) is 6.92 Å². The molecule has 0 saturated heterocycles. The lowest BCUT2D eigenvalue weighted by Crippen LogP contribution is -2.30. The SMILES string of the molecule is C[C@H](On1c(-c2ccc(Cl)cc2)nc2ccc([N+](=O)[O-])cc21)C(=O)O. The van der Waals surface area contributed by atoms with Gasteiger partial charge in [0.25, 0.3) is 5.69 Å². The van der Waals surface area contributed by atoms with Crippen LogP contribution in [0.3, 0.4) is 0 Å². The van der Waals surface area contributed by atoms with Crippen molar-refractivity contribution < 1.29 is 19.7 Å². The van der Waals surface area contributed by atoms with Gasteiger partial charge in [-0.1, -0.05) is 11.6 Å². The lowest BCUT2D eigenvalue weighted by Gasteiger charge is -2.14. The average molecular weight is 362 g/mol. The molecule has 9 heteroatoms. The summed E-state index contributed by atoms with van der Waals surface area (Å²) in [5.41, 5.74) is 1.21. The van der Waals surface area contributed by atoms with Crippen molar-refractivity contribution in [3.63, 3.8) is 0 Å². The minimum absolute atomic E-state index is 0.150. The lowest BCUT2D eigenvalue weighted by atomic mass is 10.2. The first-order chi connectivity index (χ1) is 11.9. The number of fused-ring (bicyclic) bond motifs is 1. The zero-order valence-electron chi connectivity index (χ0n) is 12.9. The summed E-state index contributed by atoms with van der Waals surface area (Å²) < 4.78 is 1.20. The molecule has 2 aromatic carbocycles. The summed E-state index contributed by atoms with van der Waals surface area (Å²) in [4.78, 5) is 31.5. The monoisotopic (exact) mass is 361 g/mol. The Hall–Kier alpha value is -3.13. The van der Waals surface area contributed by atoms with Crippen molar-refractivity contribution in [1.29, 1.82) is 0 Å². The van der Waals surface area contributed by atoms with Crippen LogP contribution in [-0.4, -0.2) is 31.8 Å². The zero-order valence-corrected chi connectivity index (χ0v) is 13.7. The van der Waals surface area contributed by atoms with Crippen molar-refractivity contribution in [1.82, 2.24) is 9.71 Å². The number of halogens is 1. The zero-order chi connectivity index (χ0) is 18.1. The van der Waals surface area contributed by atoms with E-state index in [0.717, 1.165) is 0 Å². The topological polar surface area (TPSA) is 107 Å². The Bertz CT molecular complexity index is 968. The molecule has 3 rings (SSSR count). The van der Waals surface area contributed by atoms with Gasteiger partial charge in [0.1, 0.15) is 5.52 Å². The minimum Gasteiger partial charge on any atom is -0.478 e. The fraction of sp³-hybridized carbons (Fsp3) is 0.125. The lowest BCUT2D eigenvalue weighted by molar-refractivity contribution is -0.384. The second kappa shape index (κ2) is 6.40. The molecule has 1 N–H and O–H groups in total. The average Bonchev–Trinajstić information content (AvgIpc) is 2.93. The number of rotatable bonds is 5. The van der Waals surface area contributed by atoms with E-state index in [1.807, 2.05) is 0 Å². The molecule has 0 radical (unpaired) electrons. The van der Waals surface area contributed by atoms with Crippen LogP contribution in [-0.2, 0) is 4.79 Å². The van der Waals surface area contributed by atoms with E-state index in [1.54, 1.807) is 24.3 Å². The Balaban J connectivity index is 2.22. The molecule has 0 spiro atoms. The highest BCUT2D eigenvalue weighted by Gasteiger charge is 2.21. The number of non-ortho nitro benzene ring substituents is 1. The maximum absolute atomic E-state index is 11.1. The third-order valence-corrected chi connectivity index (χ3v) is 3.77. The Kier molecular flexibility index (Phi) is 4.28. The maximum atomic E-state index is 11.1. The van der Waals surface area contributed by atoms with Crippen LogP contribution in [0.2, 0.25) is 5.02 Å². The highest BCUT2D eigenvalue weighted by Crippen LogP contribution is 2.28. The number of carbonyl (C=O) groups is 1. The molecule has 1 atom stereocenters. The van der Waals surface area contributed by atoms with Gasteiger partial charge < -0.3 is 9.94 Å². The molecule has 1 aromatic heterocycles. The number of hydrogen-bond donors (Lipinski definition) is 1. The molecular formula is C16H12ClN3O5. The maximum Gasteiger partial charge on any atom is 0.347 e. The normalized spacial score (nSPS) is 12.1. The summed E-state index contributed by atoms with van der Waals surface area (Å²) in [6.07, 6.45) is -1.18. The van der Waals surface area contributed by atoms with Crippen LogP contribution in [0.15, 0.2) is 42.5 Å². The molecule has 0 unspecified atom stereocenters. The smallest absolute Gasteiger partial charge is 0.347 e. The Morgan fingerprint density at radius 1 is 1.32 bits per heavy atom. The number of imidazole rings is 1. The van der Waals surface area contributed by atoms with Crippen molar-refractivity contribution in [2.45, 2.75) is 13.0 Å². The van der Waals surface area contributed by atoms with Gasteiger partial charge in [0.15, 0.2) is 5.82 Å². The molecule has 0 saturated carbocycles. The van der Waals surface area contributed by atoms with Gasteiger partial charge in [-0.3, -0.25) is 10.1 Å². The fourth-order valence-corrected chi connectivity index (χ4v) is 2.37. The summed E-state index contributed by atoms with van der Waals surface area (Å²) in [5.74, 6) is -0.852. The van der Waals surface area contributed by atoms with Crippen LogP contribution < -0.4 is 4.84 Å². The predicted octanol–water partition coefficient (Wildman–Crippen LogP) is 3.17. The number of hydrogen-bond acceptors (Lipinski definition) is 5. The van der Waals surface area contributed by atoms with E-state index in [4.69, 9.17) is 21.5 Å². The van der Waals surface area contributed by atoms with E-state index in [2.05, 4.69) is 4.98 Å². The van der Waals surface area contributed by atoms with Crippen LogP contribution in [0.5, 0.6) is 0 Å². The fourth-order valence-electron chi connectivity index (χ4n) is 2.25. The molecule has 8 nitrogen and oxygen atoms in total. The predicted molar refractivity (Wildman–Crippen MR) is 90.5 cm³/mol. The number of carboxylic acids is 1. The quantitative estimate of drug-likeness (QED) is 0.552. The first-order valence-electron chi connectivity index (χ1n) is 7.19. The number of carboxylic acid groups (broad SMARTS) is 1. The van der Waals surface area contributed by atoms with Gasteiger partial charge in [0.2, 0.25) is 6.10 Å². The van der Waals surface area contributed by atoms with Gasteiger partial charge in [-0.05, 0) is 37.3 Å². The van der Waals surface area contributed by atoms with E-state index in [0.29, 0.717) is 27.4 Å². The van der Waals surface area contributed by atoms with Crippen LogP contribution in [0, 0.1) is 10.1 Å². The number of aromatic nitrogens is 2. The molecule has 0 amide bonds. The second-order valence-corrected chi connectivity index (χ2v) is 5.69. The van der Waals surface area contributed by atoms with E-state index in [-0.39, 0.29) is 5.69 Å². The third kappa shape index (κ3) is 3.24. The van der Waals surface area contributed by atoms with Crippen LogP contribution >= 0.6 is 11.6 Å². The number of nitrogens with zero attached hydrogens (tertiary/aromatic N) is 3. The summed E-state index contributed by atoms with van der Waals surface area (Å²) in [5, 5.41) is 20.7. The van der Waals surface area contributed by atoms with Gasteiger partial charge in [0, 0.05) is 22.7 Å². The van der Waals surface area contributed by atoms with Gasteiger partial charge in [-0.25, -0.2) is 9.78 Å². The highest BCUT2D eigenvalue weighted by molar-refractivity contribution is 6.30. The standard InChI is InChI=1S/C16H12ClN3O5/c1-9(16(21)22)25-19-14-8-12(20(23)24)6-7-13(14)18-15(19)10-2-4-11(17)5-3-10/h2-9H,1H3,(H,21,22)/t9-/m0/s1. The molecule has 0 aliphatic carbocycles. The molecule has 3 aromatic rings. The largest absolute Gasteiger partial charge is 0.478 e. The first-order valence-corrected chi connectivity index (χ1v) is 7.57. The summed E-state index contributed by atoms with van der Waals surface area (Å²) >= 11 is 5.89. The van der Waals surface area contributed by atoms with Crippen molar-refractivity contribution in [3.05, 3.63) is 57.6 Å². The minimum atomic E-state index is -1.18. The number of nitro groups is 1. The Morgan fingerprint density at radius 2 is 2.00 bits per heavy atom. The van der Waals surface area contributed by atoms with Gasteiger partial charge >= 0.3 is 5.97 Å². The van der Waals surface area contributed by atoms with Crippen molar-refractivity contribution in [2.75, 3.05) is 0 Å². The van der Waals surface area contributed by atoms with Crippen molar-refractivity contribution >= 4 is 34.3 Å². The van der Waals surface area contributed by atoms with E-state index in [1.165, 1.54) is 29.9 Å². The van der Waals surface area contributed by atoms with Crippen molar-refractivity contribution in [3.8, 4) is 11.4 Å². The Morgan fingerprint density at radius 3 is 2.60 bits per heavy atom. The van der Waals surface area contributed by atoms with Crippen molar-refractivity contribution in [2.24, 2.45) is 0 Å². The molecule has 1 heterocycles. The van der Waals surface area contributed by atoms with Gasteiger partial charge in [0.05, 0.1) is 10.4 Å². The Labute approximate surface area is 146 Å². The first kappa shape index (κ1) is 16.7.